The molecule has 1 aromatic heterocycles. The van der Waals surface area contributed by atoms with E-state index >= 15 is 0 Å². The van der Waals surface area contributed by atoms with Gasteiger partial charge < -0.3 is 10.6 Å². The summed E-state index contributed by atoms with van der Waals surface area (Å²) in [5.74, 6) is -0.327. The van der Waals surface area contributed by atoms with Crippen LogP contribution in [-0.2, 0) is 0 Å². The van der Waals surface area contributed by atoms with E-state index in [-0.39, 0.29) is 5.91 Å². The minimum Gasteiger partial charge on any atom is -0.340 e. The van der Waals surface area contributed by atoms with Gasteiger partial charge in [0, 0.05) is 17.6 Å². The molecule has 0 aliphatic carbocycles. The number of amides is 1. The third-order valence-electron chi connectivity index (χ3n) is 3.17. The first-order valence-electron chi connectivity index (χ1n) is 7.06. The van der Waals surface area contributed by atoms with E-state index < -0.39 is 5.82 Å². The minimum absolute atomic E-state index is 0.359. The highest BCUT2D eigenvalue weighted by Crippen LogP contribution is 2.19. The van der Waals surface area contributed by atoms with Crippen LogP contribution in [-0.4, -0.2) is 10.9 Å². The molecule has 23 heavy (non-hydrogen) atoms. The maximum atomic E-state index is 13.2. The number of carbonyl (C=O) groups is 1. The van der Waals surface area contributed by atoms with E-state index in [2.05, 4.69) is 15.6 Å². The van der Waals surface area contributed by atoms with Crippen molar-refractivity contribution in [3.8, 4) is 0 Å². The summed E-state index contributed by atoms with van der Waals surface area (Å²) in [6.45, 7) is 0. The Balaban J connectivity index is 1.83. The minimum atomic E-state index is -0.406. The van der Waals surface area contributed by atoms with Crippen molar-refractivity contribution in [3.05, 3.63) is 84.3 Å². The average molecular weight is 307 g/mol. The van der Waals surface area contributed by atoms with Crippen LogP contribution >= 0.6 is 0 Å². The van der Waals surface area contributed by atoms with Gasteiger partial charge in [0.05, 0.1) is 5.56 Å². The molecule has 0 unspecified atom stereocenters. The number of nitrogens with one attached hydrogen (secondary N) is 2. The van der Waals surface area contributed by atoms with Crippen LogP contribution in [0.5, 0.6) is 0 Å². The van der Waals surface area contributed by atoms with Crippen LogP contribution in [0.2, 0.25) is 0 Å². The molecule has 0 radical (unpaired) electrons. The number of pyridine rings is 1. The number of nitrogens with zero attached hydrogens (tertiary/aromatic N) is 1. The first kappa shape index (κ1) is 14.7. The molecule has 2 N–H and O–H groups in total. The number of para-hydroxylation sites is 1. The van der Waals surface area contributed by atoms with Gasteiger partial charge in [0.1, 0.15) is 11.6 Å². The Labute approximate surface area is 133 Å². The summed E-state index contributed by atoms with van der Waals surface area (Å²) in [4.78, 5) is 16.6. The van der Waals surface area contributed by atoms with E-state index in [0.29, 0.717) is 17.1 Å². The van der Waals surface area contributed by atoms with Crippen LogP contribution in [0.15, 0.2) is 72.9 Å². The van der Waals surface area contributed by atoms with Gasteiger partial charge in [-0.2, -0.15) is 0 Å². The van der Waals surface area contributed by atoms with E-state index in [1.54, 1.807) is 24.4 Å². The summed E-state index contributed by atoms with van der Waals surface area (Å²) in [6, 6.07) is 18.5. The number of benzene rings is 2. The Hall–Kier alpha value is -3.21. The Morgan fingerprint density at radius 2 is 1.70 bits per heavy atom. The average Bonchev–Trinajstić information content (AvgIpc) is 2.56. The molecule has 0 saturated carbocycles. The van der Waals surface area contributed by atoms with E-state index in [1.807, 2.05) is 30.3 Å². The van der Waals surface area contributed by atoms with Gasteiger partial charge in [0.15, 0.2) is 0 Å². The molecule has 5 heteroatoms. The largest absolute Gasteiger partial charge is 0.340 e. The lowest BCUT2D eigenvalue weighted by molar-refractivity contribution is 0.102. The van der Waals surface area contributed by atoms with E-state index in [0.717, 1.165) is 5.69 Å². The second-order valence-corrected chi connectivity index (χ2v) is 4.86. The first-order chi connectivity index (χ1) is 11.2. The second-order valence-electron chi connectivity index (χ2n) is 4.86. The standard InChI is InChI=1S/C18H14FN3O/c19-13-6-4-9-15(12-13)22-18(23)16-10-5-11-20-17(16)21-14-7-2-1-3-8-14/h1-12H,(H,20,21)(H,22,23). The van der Waals surface area contributed by atoms with Gasteiger partial charge in [-0.15, -0.1) is 0 Å². The van der Waals surface area contributed by atoms with Crippen molar-refractivity contribution in [2.45, 2.75) is 0 Å². The van der Waals surface area contributed by atoms with Crippen LogP contribution in [0.25, 0.3) is 0 Å². The first-order valence-corrected chi connectivity index (χ1v) is 7.06. The maximum absolute atomic E-state index is 13.2. The third kappa shape index (κ3) is 3.71. The van der Waals surface area contributed by atoms with Crippen molar-refractivity contribution in [3.63, 3.8) is 0 Å². The number of rotatable bonds is 4. The highest BCUT2D eigenvalue weighted by molar-refractivity contribution is 6.07. The summed E-state index contributed by atoms with van der Waals surface area (Å²) in [5, 5.41) is 5.77. The molecule has 114 valence electrons. The molecule has 0 aliphatic heterocycles. The topological polar surface area (TPSA) is 54.0 Å². The van der Waals surface area contributed by atoms with E-state index in [4.69, 9.17) is 0 Å². The predicted molar refractivity (Wildman–Crippen MR) is 88.3 cm³/mol. The number of hydrogen-bond acceptors (Lipinski definition) is 3. The molecular formula is C18H14FN3O. The molecule has 1 amide bonds. The Bertz CT molecular complexity index is 821. The Kier molecular flexibility index (Phi) is 4.29. The van der Waals surface area contributed by atoms with Gasteiger partial charge in [-0.05, 0) is 42.5 Å². The summed E-state index contributed by atoms with van der Waals surface area (Å²) >= 11 is 0. The summed E-state index contributed by atoms with van der Waals surface area (Å²) in [6.07, 6.45) is 1.60. The molecule has 0 bridgehead atoms. The number of carbonyl (C=O) groups excluding carboxylic acids is 1. The van der Waals surface area contributed by atoms with Crippen molar-refractivity contribution >= 4 is 23.1 Å². The molecule has 4 nitrogen and oxygen atoms in total. The van der Waals surface area contributed by atoms with Gasteiger partial charge in [-0.25, -0.2) is 9.37 Å². The number of aromatic nitrogens is 1. The van der Waals surface area contributed by atoms with Crippen molar-refractivity contribution in [2.24, 2.45) is 0 Å². The maximum Gasteiger partial charge on any atom is 0.259 e. The monoisotopic (exact) mass is 307 g/mol. The predicted octanol–water partition coefficient (Wildman–Crippen LogP) is 4.22. The van der Waals surface area contributed by atoms with Gasteiger partial charge >= 0.3 is 0 Å². The van der Waals surface area contributed by atoms with E-state index in [9.17, 15) is 9.18 Å². The van der Waals surface area contributed by atoms with Crippen LogP contribution in [0, 0.1) is 5.82 Å². The fourth-order valence-corrected chi connectivity index (χ4v) is 2.11. The fraction of sp³-hybridized carbons (Fsp3) is 0. The van der Waals surface area contributed by atoms with Gasteiger partial charge in [-0.1, -0.05) is 24.3 Å². The number of halogens is 1. The molecule has 2 aromatic carbocycles. The molecule has 3 aromatic rings. The van der Waals surface area contributed by atoms with Crippen molar-refractivity contribution in [2.75, 3.05) is 10.6 Å². The van der Waals surface area contributed by atoms with Crippen molar-refractivity contribution in [1.29, 1.82) is 0 Å². The number of anilines is 3. The highest BCUT2D eigenvalue weighted by atomic mass is 19.1. The van der Waals surface area contributed by atoms with Crippen LogP contribution in [0.3, 0.4) is 0 Å². The zero-order valence-corrected chi connectivity index (χ0v) is 12.2. The Morgan fingerprint density at radius 3 is 2.48 bits per heavy atom. The molecule has 0 aliphatic rings. The van der Waals surface area contributed by atoms with Crippen LogP contribution in [0.4, 0.5) is 21.6 Å². The highest BCUT2D eigenvalue weighted by Gasteiger charge is 2.13. The summed E-state index contributed by atoms with van der Waals surface area (Å²) < 4.78 is 13.2. The van der Waals surface area contributed by atoms with Gasteiger partial charge in [0.2, 0.25) is 0 Å². The molecule has 1 heterocycles. The lowest BCUT2D eigenvalue weighted by atomic mass is 10.2. The summed E-state index contributed by atoms with van der Waals surface area (Å²) in [7, 11) is 0. The molecule has 0 atom stereocenters. The van der Waals surface area contributed by atoms with Crippen molar-refractivity contribution < 1.29 is 9.18 Å². The fourth-order valence-electron chi connectivity index (χ4n) is 2.11. The zero-order chi connectivity index (χ0) is 16.1. The van der Waals surface area contributed by atoms with Crippen LogP contribution < -0.4 is 10.6 Å². The van der Waals surface area contributed by atoms with Gasteiger partial charge in [-0.3, -0.25) is 4.79 Å². The molecule has 0 saturated heterocycles. The molecule has 0 spiro atoms. The summed E-state index contributed by atoms with van der Waals surface area (Å²) in [5.41, 5.74) is 1.59. The normalized spacial score (nSPS) is 10.1. The smallest absolute Gasteiger partial charge is 0.259 e. The zero-order valence-electron chi connectivity index (χ0n) is 12.2. The Morgan fingerprint density at radius 1 is 0.913 bits per heavy atom. The third-order valence-corrected chi connectivity index (χ3v) is 3.17. The quantitative estimate of drug-likeness (QED) is 0.759. The SMILES string of the molecule is O=C(Nc1cccc(F)c1)c1cccnc1Nc1ccccc1. The van der Waals surface area contributed by atoms with Gasteiger partial charge in [0.25, 0.3) is 5.91 Å². The molecular weight excluding hydrogens is 293 g/mol. The second kappa shape index (κ2) is 6.70. The molecule has 3 rings (SSSR count). The lowest BCUT2D eigenvalue weighted by Gasteiger charge is -2.11. The lowest BCUT2D eigenvalue weighted by Crippen LogP contribution is -2.14. The molecule has 0 fully saturated rings. The number of hydrogen-bond donors (Lipinski definition) is 2. The van der Waals surface area contributed by atoms with E-state index in [1.165, 1.54) is 18.2 Å². The van der Waals surface area contributed by atoms with Crippen molar-refractivity contribution in [1.82, 2.24) is 4.98 Å². The van der Waals surface area contributed by atoms with Crippen LogP contribution in [0.1, 0.15) is 10.4 Å².